The fourth-order valence-corrected chi connectivity index (χ4v) is 8.62. The van der Waals surface area contributed by atoms with Crippen LogP contribution in [0.1, 0.15) is 90.6 Å². The average molecular weight is 866 g/mol. The number of hydrazine groups is 1. The zero-order valence-electron chi connectivity index (χ0n) is 37.4. The number of aliphatic hydroxyl groups excluding tert-OH is 2. The van der Waals surface area contributed by atoms with Gasteiger partial charge in [-0.2, -0.15) is 0 Å². The molecule has 2 aromatic rings. The van der Waals surface area contributed by atoms with Crippen molar-refractivity contribution in [2.24, 2.45) is 23.7 Å². The highest BCUT2D eigenvalue weighted by Gasteiger charge is 2.50. The molecule has 2 amide bonds. The number of rotatable bonds is 7. The number of hydrogen-bond donors (Lipinski definition) is 5. The Hall–Kier alpha value is -5.16. The molecule has 5 bridgehead atoms. The van der Waals surface area contributed by atoms with E-state index in [1.807, 2.05) is 11.9 Å². The SMILES string of the molecule is CCN(C(=O)COc1cc2c(O)c3c(O)c(C)c4c(c13)C(=O)[C@@](C)(O/C=C/[C@H](OC)[C@@H](C)[C@@H](OC(C)=O)[C@H](C)[C@@H](O)[C@H](C)[C@H](O)[C@H](C)/C=C/C=C(/C)C(=O)N2)O4)N1CCCCC1. The Morgan fingerprint density at radius 3 is 2.27 bits per heavy atom. The van der Waals surface area contributed by atoms with E-state index in [0.717, 1.165) is 19.3 Å². The maximum absolute atomic E-state index is 14.6. The predicted molar refractivity (Wildman–Crippen MR) is 230 cm³/mol. The van der Waals surface area contributed by atoms with Gasteiger partial charge in [0.1, 0.15) is 23.4 Å². The molecular weight excluding hydrogens is 803 g/mol. The van der Waals surface area contributed by atoms with Crippen LogP contribution in [-0.2, 0) is 28.6 Å². The minimum absolute atomic E-state index is 0.0530. The second-order valence-corrected chi connectivity index (χ2v) is 16.8. The van der Waals surface area contributed by atoms with E-state index in [0.29, 0.717) is 19.6 Å². The number of methoxy groups -OCH3 is 1. The van der Waals surface area contributed by atoms with E-state index in [1.165, 1.54) is 59.3 Å². The van der Waals surface area contributed by atoms with Crippen LogP contribution in [0.4, 0.5) is 5.69 Å². The quantitative estimate of drug-likeness (QED) is 0.168. The van der Waals surface area contributed by atoms with Crippen LogP contribution < -0.4 is 14.8 Å². The molecule has 1 fully saturated rings. The summed E-state index contributed by atoms with van der Waals surface area (Å²) in [5, 5.41) is 52.3. The summed E-state index contributed by atoms with van der Waals surface area (Å²) in [7, 11) is 1.44. The Bertz CT molecular complexity index is 2110. The van der Waals surface area contributed by atoms with Crippen molar-refractivity contribution in [2.75, 3.05) is 38.7 Å². The molecule has 0 saturated carbocycles. The molecule has 0 spiro atoms. The van der Waals surface area contributed by atoms with Crippen LogP contribution in [0.25, 0.3) is 10.8 Å². The van der Waals surface area contributed by atoms with E-state index >= 15 is 0 Å². The molecule has 0 unspecified atom stereocenters. The predicted octanol–water partition coefficient (Wildman–Crippen LogP) is 5.68. The largest absolute Gasteiger partial charge is 0.507 e. The maximum Gasteiger partial charge on any atom is 0.312 e. The number of allylic oxidation sites excluding steroid dienone is 2. The summed E-state index contributed by atoms with van der Waals surface area (Å²) in [4.78, 5) is 54.3. The van der Waals surface area contributed by atoms with E-state index in [-0.39, 0.29) is 50.6 Å². The number of anilines is 1. The zero-order valence-corrected chi connectivity index (χ0v) is 37.4. The summed E-state index contributed by atoms with van der Waals surface area (Å²) in [5.41, 5.74) is 0.00879. The maximum atomic E-state index is 14.6. The number of fused-ring (bicyclic) bond motifs is 14. The van der Waals surface area contributed by atoms with Crippen molar-refractivity contribution in [3.05, 3.63) is 53.3 Å². The monoisotopic (exact) mass is 865 g/mol. The molecule has 0 aliphatic carbocycles. The van der Waals surface area contributed by atoms with Crippen molar-refractivity contribution in [3.63, 3.8) is 0 Å². The molecule has 4 heterocycles. The number of nitrogens with one attached hydrogen (secondary N) is 1. The average Bonchev–Trinajstić information content (AvgIpc) is 3.51. The first-order valence-electron chi connectivity index (χ1n) is 21.3. The van der Waals surface area contributed by atoms with Crippen LogP contribution in [0.5, 0.6) is 23.0 Å². The van der Waals surface area contributed by atoms with Gasteiger partial charge in [-0.25, -0.2) is 5.01 Å². The molecule has 0 aromatic heterocycles. The standard InChI is InChI=1S/C46H63N3O13/c1-11-49(48-19-13-12-14-20-48)34(51)23-59-33-22-31-41(55)36-35(33)37-43(29(7)40(36)54)62-46(9,44(37)56)60-21-18-32(58-10)26(4)42(61-30(8)50)28(6)39(53)27(5)38(52)24(2)16-15-17-25(3)45(57)47-31/h15-18,21-22,24,26-28,32,38-39,42,52-55H,11-14,19-20,23H2,1-10H3,(H,47,57)/b16-15+,21-18+,25-17-/t24-,26-,27-,28-,32+,38-,39+,42-,46+/m1/s1. The van der Waals surface area contributed by atoms with Gasteiger partial charge < -0.3 is 49.4 Å². The van der Waals surface area contributed by atoms with Gasteiger partial charge in [-0.1, -0.05) is 52.3 Å². The molecule has 62 heavy (non-hydrogen) atoms. The van der Waals surface area contributed by atoms with Gasteiger partial charge in [0.05, 0.1) is 41.2 Å². The van der Waals surface area contributed by atoms with Crippen LogP contribution in [0.2, 0.25) is 0 Å². The number of aromatic hydroxyl groups is 2. The first kappa shape index (κ1) is 47.9. The lowest BCUT2D eigenvalue weighted by molar-refractivity contribution is -0.160. The highest BCUT2D eigenvalue weighted by Crippen LogP contribution is 2.54. The lowest BCUT2D eigenvalue weighted by Gasteiger charge is -2.38. The second-order valence-electron chi connectivity index (χ2n) is 16.8. The number of phenolic OH excluding ortho intramolecular Hbond substituents is 2. The van der Waals surface area contributed by atoms with Crippen LogP contribution in [0.3, 0.4) is 0 Å². The van der Waals surface area contributed by atoms with Crippen LogP contribution in [-0.4, -0.2) is 118 Å². The minimum Gasteiger partial charge on any atom is -0.507 e. The number of ether oxygens (including phenoxy) is 5. The molecule has 0 radical (unpaired) electrons. The molecule has 9 atom stereocenters. The fourth-order valence-electron chi connectivity index (χ4n) is 8.62. The van der Waals surface area contributed by atoms with E-state index < -0.39 is 89.6 Å². The van der Waals surface area contributed by atoms with Crippen molar-refractivity contribution in [2.45, 2.75) is 112 Å². The number of ketones is 1. The summed E-state index contributed by atoms with van der Waals surface area (Å²) in [6.45, 7) is 15.8. The smallest absolute Gasteiger partial charge is 0.312 e. The summed E-state index contributed by atoms with van der Waals surface area (Å²) in [6, 6.07) is 1.29. The number of amides is 2. The molecule has 4 aliphatic heterocycles. The third-order valence-corrected chi connectivity index (χ3v) is 12.4. The lowest BCUT2D eigenvalue weighted by atomic mass is 9.78. The molecule has 2 aromatic carbocycles. The van der Waals surface area contributed by atoms with Gasteiger partial charge in [0, 0.05) is 86.9 Å². The number of phenols is 2. The zero-order chi connectivity index (χ0) is 45.8. The van der Waals surface area contributed by atoms with Gasteiger partial charge in [0.15, 0.2) is 12.4 Å². The van der Waals surface area contributed by atoms with Crippen LogP contribution >= 0.6 is 0 Å². The number of piperidine rings is 1. The van der Waals surface area contributed by atoms with Gasteiger partial charge in [0.2, 0.25) is 0 Å². The highest BCUT2D eigenvalue weighted by molar-refractivity contribution is 6.21. The summed E-state index contributed by atoms with van der Waals surface area (Å²) < 4.78 is 30.0. The number of carbonyl (C=O) groups is 4. The Balaban J connectivity index is 1.66. The number of esters is 1. The van der Waals surface area contributed by atoms with E-state index in [1.54, 1.807) is 44.9 Å². The van der Waals surface area contributed by atoms with Crippen molar-refractivity contribution in [3.8, 4) is 23.0 Å². The molecule has 4 aliphatic rings. The van der Waals surface area contributed by atoms with E-state index in [9.17, 15) is 39.6 Å². The topological polar surface area (TPSA) is 214 Å². The van der Waals surface area contributed by atoms with Crippen molar-refractivity contribution in [1.29, 1.82) is 0 Å². The first-order valence-corrected chi connectivity index (χ1v) is 21.3. The number of Topliss-reactive ketones (excluding diaryl/α,β-unsaturated/α-hetero) is 1. The van der Waals surface area contributed by atoms with Crippen molar-refractivity contribution in [1.82, 2.24) is 10.0 Å². The Morgan fingerprint density at radius 2 is 1.65 bits per heavy atom. The van der Waals surface area contributed by atoms with E-state index in [2.05, 4.69) is 5.32 Å². The Morgan fingerprint density at radius 1 is 0.968 bits per heavy atom. The molecule has 6 rings (SSSR count). The molecule has 5 N–H and O–H groups in total. The summed E-state index contributed by atoms with van der Waals surface area (Å²) in [5.74, 6) is -8.00. The fraction of sp³-hybridized carbons (Fsp3) is 0.565. The molecule has 16 nitrogen and oxygen atoms in total. The third-order valence-electron chi connectivity index (χ3n) is 12.4. The third kappa shape index (κ3) is 9.73. The minimum atomic E-state index is -2.03. The number of aliphatic hydroxyl groups is 2. The Kier molecular flexibility index (Phi) is 15.4. The second kappa shape index (κ2) is 19.9. The van der Waals surface area contributed by atoms with Gasteiger partial charge in [0.25, 0.3) is 17.6 Å². The normalized spacial score (nSPS) is 30.7. The highest BCUT2D eigenvalue weighted by atomic mass is 16.7. The number of hydrogen-bond acceptors (Lipinski definition) is 14. The lowest BCUT2D eigenvalue weighted by Crippen LogP contribution is -2.50. The number of likely N-dealkylation sites (N-methyl/N-ethyl adjacent to an activating group) is 1. The molecule has 1 saturated heterocycles. The molecular formula is C46H63N3O13. The van der Waals surface area contributed by atoms with Gasteiger partial charge in [-0.05, 0) is 39.7 Å². The summed E-state index contributed by atoms with van der Waals surface area (Å²) in [6.07, 6.45) is 6.57. The number of carbonyl (C=O) groups excluding carboxylic acids is 4. The van der Waals surface area contributed by atoms with Crippen molar-refractivity contribution < 1.29 is 63.3 Å². The Labute approximate surface area is 363 Å². The number of benzene rings is 2. The van der Waals surface area contributed by atoms with E-state index in [4.69, 9.17) is 23.7 Å². The van der Waals surface area contributed by atoms with Gasteiger partial charge in [-0.15, -0.1) is 0 Å². The van der Waals surface area contributed by atoms with Crippen LogP contribution in [0, 0.1) is 30.6 Å². The van der Waals surface area contributed by atoms with Crippen LogP contribution in [0.15, 0.2) is 42.2 Å². The summed E-state index contributed by atoms with van der Waals surface area (Å²) >= 11 is 0. The first-order chi connectivity index (χ1) is 29.3. The van der Waals surface area contributed by atoms with Crippen molar-refractivity contribution >= 4 is 40.0 Å². The molecule has 16 heteroatoms. The number of nitrogens with zero attached hydrogens (tertiary/aromatic N) is 2. The van der Waals surface area contributed by atoms with Gasteiger partial charge >= 0.3 is 11.8 Å². The van der Waals surface area contributed by atoms with Gasteiger partial charge in [-0.3, -0.25) is 24.2 Å². The molecule has 340 valence electrons.